The van der Waals surface area contributed by atoms with Crippen molar-refractivity contribution >= 4 is 11.7 Å². The number of anilines is 1. The highest BCUT2D eigenvalue weighted by molar-refractivity contribution is 5.80. The lowest BCUT2D eigenvalue weighted by molar-refractivity contribution is -0.125. The van der Waals surface area contributed by atoms with Crippen molar-refractivity contribution in [1.29, 1.82) is 0 Å². The van der Waals surface area contributed by atoms with Crippen molar-refractivity contribution in [2.45, 2.75) is 39.7 Å². The van der Waals surface area contributed by atoms with Crippen molar-refractivity contribution in [2.75, 3.05) is 18.0 Å². The molecular weight excluding hydrogens is 384 g/mol. The minimum atomic E-state index is -0.0422. The number of hydrogen-bond donors (Lipinski definition) is 1. The predicted molar refractivity (Wildman–Crippen MR) is 125 cm³/mol. The number of benzene rings is 2. The van der Waals surface area contributed by atoms with Gasteiger partial charge in [-0.3, -0.25) is 4.79 Å². The van der Waals surface area contributed by atoms with Gasteiger partial charge in [-0.2, -0.15) is 0 Å². The van der Waals surface area contributed by atoms with Gasteiger partial charge in [0.1, 0.15) is 5.82 Å². The summed E-state index contributed by atoms with van der Waals surface area (Å²) in [5.41, 5.74) is 4.57. The first-order chi connectivity index (χ1) is 15.0. The lowest BCUT2D eigenvalue weighted by Crippen LogP contribution is -2.44. The summed E-state index contributed by atoms with van der Waals surface area (Å²) in [6.07, 6.45) is 3.68. The molecule has 5 heteroatoms. The van der Waals surface area contributed by atoms with Crippen LogP contribution in [0.1, 0.15) is 42.5 Å². The number of nitrogens with zero attached hydrogens (tertiary/aromatic N) is 3. The molecule has 0 radical (unpaired) electrons. The first-order valence-corrected chi connectivity index (χ1v) is 11.0. The van der Waals surface area contributed by atoms with Crippen molar-refractivity contribution in [3.63, 3.8) is 0 Å². The number of aryl methyl sites for hydroxylation is 2. The Labute approximate surface area is 184 Å². The largest absolute Gasteiger partial charge is 0.356 e. The molecule has 2 heterocycles. The molecule has 3 aromatic rings. The third kappa shape index (κ3) is 5.10. The molecule has 0 saturated carbocycles. The van der Waals surface area contributed by atoms with E-state index in [1.165, 1.54) is 11.1 Å². The number of carbonyl (C=O) groups is 1. The minimum Gasteiger partial charge on any atom is -0.356 e. The van der Waals surface area contributed by atoms with Crippen LogP contribution >= 0.6 is 0 Å². The minimum absolute atomic E-state index is 0.00401. The number of carbonyl (C=O) groups excluding carboxylic acids is 1. The average Bonchev–Trinajstić information content (AvgIpc) is 2.80. The Kier molecular flexibility index (Phi) is 6.31. The maximum absolute atomic E-state index is 13.0. The third-order valence-corrected chi connectivity index (χ3v) is 6.00. The molecule has 1 N–H and O–H groups in total. The Morgan fingerprint density at radius 1 is 1.03 bits per heavy atom. The van der Waals surface area contributed by atoms with Crippen LogP contribution in [0.25, 0.3) is 11.4 Å². The number of piperidine rings is 1. The molecular formula is C26H30N4O. The monoisotopic (exact) mass is 414 g/mol. The SMILES string of the molecule is Cc1ccc(-c2nccc(N3CCC[C@@H](C(=O)N[C@H](C)c4ccc(C)cc4)C3)n2)cc1. The highest BCUT2D eigenvalue weighted by atomic mass is 16.2. The molecule has 1 saturated heterocycles. The van der Waals surface area contributed by atoms with E-state index in [0.29, 0.717) is 6.54 Å². The molecule has 0 aliphatic carbocycles. The van der Waals surface area contributed by atoms with E-state index in [0.717, 1.165) is 42.2 Å². The number of hydrogen-bond acceptors (Lipinski definition) is 4. The number of nitrogens with one attached hydrogen (secondary N) is 1. The second-order valence-electron chi connectivity index (χ2n) is 8.53. The molecule has 1 amide bonds. The van der Waals surface area contributed by atoms with Crippen LogP contribution in [0, 0.1) is 19.8 Å². The van der Waals surface area contributed by atoms with Gasteiger partial charge in [0.15, 0.2) is 5.82 Å². The van der Waals surface area contributed by atoms with Gasteiger partial charge in [-0.15, -0.1) is 0 Å². The second-order valence-corrected chi connectivity index (χ2v) is 8.53. The van der Waals surface area contributed by atoms with Crippen molar-refractivity contribution in [3.8, 4) is 11.4 Å². The van der Waals surface area contributed by atoms with E-state index >= 15 is 0 Å². The molecule has 1 aromatic heterocycles. The second kappa shape index (κ2) is 9.29. The summed E-state index contributed by atoms with van der Waals surface area (Å²) >= 11 is 0. The van der Waals surface area contributed by atoms with Crippen LogP contribution in [0.4, 0.5) is 5.82 Å². The molecule has 2 atom stereocenters. The average molecular weight is 415 g/mol. The Hall–Kier alpha value is -3.21. The van der Waals surface area contributed by atoms with Crippen LogP contribution in [0.3, 0.4) is 0 Å². The standard InChI is InChI=1S/C26H30N4O/c1-18-6-10-21(11-7-18)20(3)28-26(31)23-5-4-16-30(17-23)24-14-15-27-25(29-24)22-12-8-19(2)9-13-22/h6-15,20,23H,4-5,16-17H2,1-3H3,(H,28,31)/t20-,23-/m1/s1. The third-order valence-electron chi connectivity index (χ3n) is 6.00. The Morgan fingerprint density at radius 2 is 1.71 bits per heavy atom. The molecule has 31 heavy (non-hydrogen) atoms. The maximum Gasteiger partial charge on any atom is 0.225 e. The van der Waals surface area contributed by atoms with Crippen molar-refractivity contribution in [2.24, 2.45) is 5.92 Å². The topological polar surface area (TPSA) is 58.1 Å². The van der Waals surface area contributed by atoms with Crippen LogP contribution in [0.15, 0.2) is 60.8 Å². The van der Waals surface area contributed by atoms with Crippen LogP contribution in [0.5, 0.6) is 0 Å². The fourth-order valence-corrected chi connectivity index (χ4v) is 4.04. The molecule has 1 aliphatic heterocycles. The van der Waals surface area contributed by atoms with Crippen molar-refractivity contribution in [3.05, 3.63) is 77.5 Å². The predicted octanol–water partition coefficient (Wildman–Crippen LogP) is 4.85. The Balaban J connectivity index is 1.43. The molecule has 0 bridgehead atoms. The van der Waals surface area contributed by atoms with Crippen LogP contribution in [-0.2, 0) is 4.79 Å². The summed E-state index contributed by atoms with van der Waals surface area (Å²) in [7, 11) is 0. The zero-order valence-electron chi connectivity index (χ0n) is 18.5. The molecule has 2 aromatic carbocycles. The highest BCUT2D eigenvalue weighted by Gasteiger charge is 2.27. The van der Waals surface area contributed by atoms with E-state index in [-0.39, 0.29) is 17.9 Å². The molecule has 160 valence electrons. The molecule has 0 unspecified atom stereocenters. The fourth-order valence-electron chi connectivity index (χ4n) is 4.04. The summed E-state index contributed by atoms with van der Waals surface area (Å²) in [6, 6.07) is 18.5. The quantitative estimate of drug-likeness (QED) is 0.648. The molecule has 0 spiro atoms. The molecule has 4 rings (SSSR count). The fraction of sp³-hybridized carbons (Fsp3) is 0.346. The van der Waals surface area contributed by atoms with E-state index in [4.69, 9.17) is 4.98 Å². The maximum atomic E-state index is 13.0. The van der Waals surface area contributed by atoms with Gasteiger partial charge in [0, 0.05) is 24.8 Å². The van der Waals surface area contributed by atoms with Gasteiger partial charge >= 0.3 is 0 Å². The number of aromatic nitrogens is 2. The number of rotatable bonds is 5. The summed E-state index contributed by atoms with van der Waals surface area (Å²) in [5.74, 6) is 1.68. The Bertz CT molecular complexity index is 1030. The van der Waals surface area contributed by atoms with E-state index in [9.17, 15) is 4.79 Å². The van der Waals surface area contributed by atoms with Crippen LogP contribution in [-0.4, -0.2) is 29.0 Å². The summed E-state index contributed by atoms with van der Waals surface area (Å²) < 4.78 is 0. The summed E-state index contributed by atoms with van der Waals surface area (Å²) in [6.45, 7) is 7.76. The van der Waals surface area contributed by atoms with Gasteiger partial charge in [0.2, 0.25) is 5.91 Å². The normalized spacial score (nSPS) is 17.3. The van der Waals surface area contributed by atoms with Gasteiger partial charge in [-0.1, -0.05) is 59.7 Å². The summed E-state index contributed by atoms with van der Waals surface area (Å²) in [5, 5.41) is 3.20. The van der Waals surface area contributed by atoms with E-state index in [2.05, 4.69) is 65.4 Å². The van der Waals surface area contributed by atoms with Gasteiger partial charge < -0.3 is 10.2 Å². The van der Waals surface area contributed by atoms with Gasteiger partial charge in [0.25, 0.3) is 0 Å². The Morgan fingerprint density at radius 3 is 2.42 bits per heavy atom. The van der Waals surface area contributed by atoms with Gasteiger partial charge in [-0.05, 0) is 45.2 Å². The highest BCUT2D eigenvalue weighted by Crippen LogP contribution is 2.25. The zero-order valence-corrected chi connectivity index (χ0v) is 18.5. The first kappa shape index (κ1) is 21.0. The summed E-state index contributed by atoms with van der Waals surface area (Å²) in [4.78, 5) is 24.4. The van der Waals surface area contributed by atoms with E-state index < -0.39 is 0 Å². The van der Waals surface area contributed by atoms with Crippen LogP contribution < -0.4 is 10.2 Å². The molecule has 1 aliphatic rings. The number of amides is 1. The van der Waals surface area contributed by atoms with Gasteiger partial charge in [0.05, 0.1) is 12.0 Å². The lowest BCUT2D eigenvalue weighted by Gasteiger charge is -2.33. The first-order valence-electron chi connectivity index (χ1n) is 11.0. The van der Waals surface area contributed by atoms with E-state index in [1.54, 1.807) is 6.20 Å². The smallest absolute Gasteiger partial charge is 0.225 e. The van der Waals surface area contributed by atoms with E-state index in [1.807, 2.05) is 25.1 Å². The van der Waals surface area contributed by atoms with Crippen molar-refractivity contribution < 1.29 is 4.79 Å². The zero-order chi connectivity index (χ0) is 21.8. The molecule has 5 nitrogen and oxygen atoms in total. The van der Waals surface area contributed by atoms with Crippen LogP contribution in [0.2, 0.25) is 0 Å². The molecule has 1 fully saturated rings. The van der Waals surface area contributed by atoms with Gasteiger partial charge in [-0.25, -0.2) is 9.97 Å². The van der Waals surface area contributed by atoms with Crippen molar-refractivity contribution in [1.82, 2.24) is 15.3 Å². The lowest BCUT2D eigenvalue weighted by atomic mass is 9.96.